The van der Waals surface area contributed by atoms with Gasteiger partial charge in [0.15, 0.2) is 0 Å². The van der Waals surface area contributed by atoms with Gasteiger partial charge in [0, 0.05) is 42.1 Å². The van der Waals surface area contributed by atoms with Gasteiger partial charge in [-0.3, -0.25) is 9.59 Å². The number of pyridine rings is 1. The van der Waals surface area contributed by atoms with Crippen LogP contribution in [0.25, 0.3) is 10.8 Å². The van der Waals surface area contributed by atoms with Gasteiger partial charge in [0.05, 0.1) is 18.6 Å². The lowest BCUT2D eigenvalue weighted by Crippen LogP contribution is -2.65. The van der Waals surface area contributed by atoms with Crippen LogP contribution in [0.1, 0.15) is 37.8 Å². The molecule has 2 aliphatic rings. The second-order valence-corrected chi connectivity index (χ2v) is 10.1. The minimum atomic E-state index is -0.503. The zero-order chi connectivity index (χ0) is 26.6. The molecule has 1 aromatic heterocycles. The van der Waals surface area contributed by atoms with E-state index in [2.05, 4.69) is 11.9 Å². The Morgan fingerprint density at radius 2 is 1.92 bits per heavy atom. The van der Waals surface area contributed by atoms with E-state index in [1.807, 2.05) is 74.0 Å². The van der Waals surface area contributed by atoms with Crippen molar-refractivity contribution < 1.29 is 9.53 Å². The first-order valence-electron chi connectivity index (χ1n) is 13.1. The molecule has 6 nitrogen and oxygen atoms in total. The monoisotopic (exact) mass is 521 g/mol. The quantitative estimate of drug-likeness (QED) is 0.419. The van der Waals surface area contributed by atoms with Crippen molar-refractivity contribution >= 4 is 34.0 Å². The first-order valence-corrected chi connectivity index (χ1v) is 13.4. The van der Waals surface area contributed by atoms with E-state index in [9.17, 15) is 9.59 Å². The van der Waals surface area contributed by atoms with E-state index in [1.54, 1.807) is 4.90 Å². The Morgan fingerprint density at radius 3 is 2.62 bits per heavy atom. The number of likely N-dealkylation sites (tertiary alicyclic amines) is 1. The lowest BCUT2D eigenvalue weighted by molar-refractivity contribution is -0.132. The van der Waals surface area contributed by atoms with Crippen molar-refractivity contribution in [1.82, 2.24) is 9.47 Å². The number of carbonyl (C=O) groups excluding carboxylic acids is 1. The molecule has 2 aliphatic heterocycles. The molecule has 3 aromatic rings. The molecule has 196 valence electrons. The van der Waals surface area contributed by atoms with E-state index in [4.69, 9.17) is 16.3 Å². The van der Waals surface area contributed by atoms with Crippen LogP contribution in [-0.2, 0) is 21.6 Å². The predicted octanol–water partition coefficient (Wildman–Crippen LogP) is 5.75. The van der Waals surface area contributed by atoms with E-state index in [0.717, 1.165) is 48.3 Å². The average Bonchev–Trinajstić information content (AvgIpc) is 2.91. The zero-order valence-corrected chi connectivity index (χ0v) is 22.7. The Balaban J connectivity index is 0.00000156. The van der Waals surface area contributed by atoms with Crippen molar-refractivity contribution in [1.29, 1.82) is 0 Å². The molecule has 5 rings (SSSR count). The fourth-order valence-electron chi connectivity index (χ4n) is 5.32. The summed E-state index contributed by atoms with van der Waals surface area (Å²) in [6, 6.07) is 13.7. The number of ether oxygens (including phenoxy) is 1. The third-order valence-corrected chi connectivity index (χ3v) is 7.76. The Hall–Kier alpha value is -3.09. The van der Waals surface area contributed by atoms with Gasteiger partial charge in [-0.2, -0.15) is 0 Å². The number of benzene rings is 2. The van der Waals surface area contributed by atoms with Crippen LogP contribution >= 0.6 is 11.6 Å². The van der Waals surface area contributed by atoms with Crippen molar-refractivity contribution in [3.8, 4) is 0 Å². The lowest BCUT2D eigenvalue weighted by Gasteiger charge is -2.51. The fourth-order valence-corrected chi connectivity index (χ4v) is 5.49. The number of carbonyl (C=O) groups is 1. The molecule has 0 radical (unpaired) electrons. The number of anilines is 1. The molecule has 1 N–H and O–H groups in total. The summed E-state index contributed by atoms with van der Waals surface area (Å²) in [6.45, 7) is 12.8. The number of rotatable bonds is 6. The molecular formula is C30H36ClN3O3. The van der Waals surface area contributed by atoms with Gasteiger partial charge in [-0.1, -0.05) is 50.2 Å². The zero-order valence-electron chi connectivity index (χ0n) is 21.9. The smallest absolute Gasteiger partial charge is 0.258 e. The maximum atomic E-state index is 13.4. The van der Waals surface area contributed by atoms with E-state index < -0.39 is 5.54 Å². The third-order valence-electron chi connectivity index (χ3n) is 7.35. The SMILES string of the molecule is C=CC(=O)N1CC(Nc2ccc3ccn(CC4CCOCC4)c(=O)c3c2)(c2cccc(Cl)c2C)C1.CC. The molecule has 0 saturated carbocycles. The summed E-state index contributed by atoms with van der Waals surface area (Å²) in [7, 11) is 0. The van der Waals surface area contributed by atoms with Gasteiger partial charge in [-0.05, 0) is 72.5 Å². The summed E-state index contributed by atoms with van der Waals surface area (Å²) >= 11 is 6.45. The van der Waals surface area contributed by atoms with Crippen LogP contribution in [0.4, 0.5) is 5.69 Å². The van der Waals surface area contributed by atoms with E-state index in [1.165, 1.54) is 6.08 Å². The number of nitrogens with one attached hydrogen (secondary N) is 1. The number of fused-ring (bicyclic) bond motifs is 1. The molecule has 2 saturated heterocycles. The second-order valence-electron chi connectivity index (χ2n) is 9.65. The number of halogens is 1. The van der Waals surface area contributed by atoms with Crippen molar-refractivity contribution in [3.05, 3.63) is 87.8 Å². The highest BCUT2D eigenvalue weighted by atomic mass is 35.5. The van der Waals surface area contributed by atoms with Gasteiger partial charge in [0.2, 0.25) is 5.91 Å². The highest BCUT2D eigenvalue weighted by Gasteiger charge is 2.47. The Labute approximate surface area is 223 Å². The topological polar surface area (TPSA) is 63.6 Å². The van der Waals surface area contributed by atoms with Crippen molar-refractivity contribution in [2.24, 2.45) is 5.92 Å². The van der Waals surface area contributed by atoms with Gasteiger partial charge in [-0.25, -0.2) is 0 Å². The van der Waals surface area contributed by atoms with Crippen LogP contribution in [0.5, 0.6) is 0 Å². The average molecular weight is 522 g/mol. The van der Waals surface area contributed by atoms with Gasteiger partial charge in [0.1, 0.15) is 0 Å². The maximum Gasteiger partial charge on any atom is 0.258 e. The minimum absolute atomic E-state index is 0.0164. The number of hydrogen-bond donors (Lipinski definition) is 1. The minimum Gasteiger partial charge on any atom is -0.381 e. The first kappa shape index (κ1) is 27.0. The van der Waals surface area contributed by atoms with Crippen molar-refractivity contribution in [2.75, 3.05) is 31.6 Å². The summed E-state index contributed by atoms with van der Waals surface area (Å²) in [5.74, 6) is 0.356. The molecule has 0 spiro atoms. The van der Waals surface area contributed by atoms with Crippen LogP contribution in [0, 0.1) is 12.8 Å². The molecule has 3 heterocycles. The molecule has 0 aliphatic carbocycles. The summed E-state index contributed by atoms with van der Waals surface area (Å²) in [5, 5.41) is 5.93. The number of aromatic nitrogens is 1. The largest absolute Gasteiger partial charge is 0.381 e. The summed E-state index contributed by atoms with van der Waals surface area (Å²) in [6.07, 6.45) is 5.20. The molecule has 2 aromatic carbocycles. The normalized spacial score (nSPS) is 16.9. The van der Waals surface area contributed by atoms with Gasteiger partial charge >= 0.3 is 0 Å². The maximum absolute atomic E-state index is 13.4. The Bertz CT molecular complexity index is 1340. The number of hydrogen-bond acceptors (Lipinski definition) is 4. The van der Waals surface area contributed by atoms with Crippen LogP contribution < -0.4 is 10.9 Å². The molecular weight excluding hydrogens is 486 g/mol. The first-order chi connectivity index (χ1) is 17.9. The highest BCUT2D eigenvalue weighted by molar-refractivity contribution is 6.31. The number of amides is 1. The summed E-state index contributed by atoms with van der Waals surface area (Å²) in [5.41, 5.74) is 2.37. The van der Waals surface area contributed by atoms with Gasteiger partial charge in [0.25, 0.3) is 5.56 Å². The Morgan fingerprint density at radius 1 is 1.19 bits per heavy atom. The lowest BCUT2D eigenvalue weighted by atomic mass is 9.79. The predicted molar refractivity (Wildman–Crippen MR) is 151 cm³/mol. The molecule has 7 heteroatoms. The van der Waals surface area contributed by atoms with E-state index in [-0.39, 0.29) is 11.5 Å². The van der Waals surface area contributed by atoms with Crippen LogP contribution in [0.2, 0.25) is 5.02 Å². The molecule has 2 fully saturated rings. The van der Waals surface area contributed by atoms with Crippen molar-refractivity contribution in [2.45, 2.75) is 45.7 Å². The van der Waals surface area contributed by atoms with Crippen LogP contribution in [0.15, 0.2) is 66.1 Å². The van der Waals surface area contributed by atoms with Gasteiger partial charge < -0.3 is 19.5 Å². The molecule has 0 unspecified atom stereocenters. The van der Waals surface area contributed by atoms with E-state index in [0.29, 0.717) is 36.0 Å². The molecule has 0 bridgehead atoms. The third kappa shape index (κ3) is 5.46. The molecule has 1 amide bonds. The standard InChI is InChI=1S/C28H30ClN3O3.C2H6/c1-3-26(33)32-17-28(18-32,24-5-4-6-25(29)19(24)2)30-22-8-7-21-9-12-31(27(34)23(21)15-22)16-20-10-13-35-14-11-20;1-2/h3-9,12,15,20,30H,1,10-11,13-14,16-18H2,2H3;1-2H3. The van der Waals surface area contributed by atoms with E-state index >= 15 is 0 Å². The summed E-state index contributed by atoms with van der Waals surface area (Å²) in [4.78, 5) is 27.4. The van der Waals surface area contributed by atoms with Gasteiger partial charge in [-0.15, -0.1) is 0 Å². The Kier molecular flexibility index (Phi) is 8.40. The molecule has 37 heavy (non-hydrogen) atoms. The molecule has 0 atom stereocenters. The van der Waals surface area contributed by atoms with Crippen LogP contribution in [-0.4, -0.2) is 41.7 Å². The number of nitrogens with zero attached hydrogens (tertiary/aromatic N) is 2. The second kappa shape index (κ2) is 11.5. The van der Waals surface area contributed by atoms with Crippen LogP contribution in [0.3, 0.4) is 0 Å². The van der Waals surface area contributed by atoms with Crippen molar-refractivity contribution in [3.63, 3.8) is 0 Å². The summed E-state index contributed by atoms with van der Waals surface area (Å²) < 4.78 is 7.29. The highest BCUT2D eigenvalue weighted by Crippen LogP contribution is 2.39. The fraction of sp³-hybridized carbons (Fsp3) is 0.400.